The van der Waals surface area contributed by atoms with Crippen LogP contribution in [0.2, 0.25) is 0 Å². The highest BCUT2D eigenvalue weighted by Crippen LogP contribution is 2.36. The van der Waals surface area contributed by atoms with Crippen molar-refractivity contribution in [3.63, 3.8) is 0 Å². The smallest absolute Gasteiger partial charge is 0.255 e. The van der Waals surface area contributed by atoms with Gasteiger partial charge < -0.3 is 15.1 Å². The van der Waals surface area contributed by atoms with Crippen molar-refractivity contribution in [3.05, 3.63) is 65.0 Å². The number of likely N-dealkylation sites (tertiary alicyclic amines) is 1. The number of carbonyl (C=O) groups excluding carboxylic acids is 2. The van der Waals surface area contributed by atoms with E-state index >= 15 is 0 Å². The van der Waals surface area contributed by atoms with Gasteiger partial charge in [0, 0.05) is 33.0 Å². The van der Waals surface area contributed by atoms with E-state index in [0.717, 1.165) is 11.1 Å². The topological polar surface area (TPSA) is 52.7 Å². The van der Waals surface area contributed by atoms with Crippen LogP contribution in [-0.2, 0) is 11.2 Å². The first-order valence-electron chi connectivity index (χ1n) is 9.58. The fourth-order valence-corrected chi connectivity index (χ4v) is 4.24. The lowest BCUT2D eigenvalue weighted by Crippen LogP contribution is -2.67. The molecule has 2 aromatic rings. The predicted octanol–water partition coefficient (Wildman–Crippen LogP) is 2.88. The van der Waals surface area contributed by atoms with Crippen LogP contribution in [0.25, 0.3) is 0 Å². The molecule has 6 heteroatoms. The van der Waals surface area contributed by atoms with Gasteiger partial charge in [-0.1, -0.05) is 24.3 Å². The molecular weight excluding hydrogens is 357 g/mol. The zero-order chi connectivity index (χ0) is 19.9. The molecule has 146 valence electrons. The molecule has 2 heterocycles. The fraction of sp³-hybridized carbons (Fsp3) is 0.364. The van der Waals surface area contributed by atoms with Gasteiger partial charge in [0.1, 0.15) is 11.5 Å². The molecule has 0 aliphatic carbocycles. The summed E-state index contributed by atoms with van der Waals surface area (Å²) in [5.41, 5.74) is 2.65. The number of hydrogen-bond acceptors (Lipinski definition) is 3. The van der Waals surface area contributed by atoms with E-state index in [0.29, 0.717) is 43.6 Å². The third kappa shape index (κ3) is 3.13. The minimum Gasteiger partial charge on any atom is -0.351 e. The standard InChI is InChI=1S/C22H24FN3O2/c1-15-5-3-4-6-16(15)13-20(27)26-11-9-22(10-12-26)24-21(28)18-8-7-17(23)14-19(18)25(22)2/h3-8,14H,9-13H2,1-2H3,(H,24,28). The summed E-state index contributed by atoms with van der Waals surface area (Å²) in [6, 6.07) is 12.1. The van der Waals surface area contributed by atoms with Crippen molar-refractivity contribution in [2.75, 3.05) is 25.0 Å². The molecule has 0 bridgehead atoms. The van der Waals surface area contributed by atoms with E-state index in [2.05, 4.69) is 5.32 Å². The highest BCUT2D eigenvalue weighted by molar-refractivity contribution is 6.02. The van der Waals surface area contributed by atoms with Crippen molar-refractivity contribution in [3.8, 4) is 0 Å². The molecule has 0 radical (unpaired) electrons. The molecule has 28 heavy (non-hydrogen) atoms. The number of hydrogen-bond donors (Lipinski definition) is 1. The third-order valence-electron chi connectivity index (χ3n) is 6.10. The first-order chi connectivity index (χ1) is 13.4. The van der Waals surface area contributed by atoms with Gasteiger partial charge in [0.05, 0.1) is 17.7 Å². The van der Waals surface area contributed by atoms with Crippen LogP contribution in [0.3, 0.4) is 0 Å². The van der Waals surface area contributed by atoms with Crippen LogP contribution in [0.5, 0.6) is 0 Å². The van der Waals surface area contributed by atoms with Crippen molar-refractivity contribution in [2.24, 2.45) is 0 Å². The summed E-state index contributed by atoms with van der Waals surface area (Å²) in [6.45, 7) is 3.12. The summed E-state index contributed by atoms with van der Waals surface area (Å²) < 4.78 is 13.7. The average molecular weight is 381 g/mol. The SMILES string of the molecule is Cc1ccccc1CC(=O)N1CCC2(CC1)NC(=O)c1ccc(F)cc1N2C. The maximum absolute atomic E-state index is 13.7. The fourth-order valence-electron chi connectivity index (χ4n) is 4.24. The summed E-state index contributed by atoms with van der Waals surface area (Å²) in [5.74, 6) is -0.450. The molecule has 4 rings (SSSR count). The minimum absolute atomic E-state index is 0.0976. The Morgan fingerprint density at radius 3 is 2.61 bits per heavy atom. The lowest BCUT2D eigenvalue weighted by molar-refractivity contribution is -0.132. The molecular formula is C22H24FN3O2. The number of fused-ring (bicyclic) bond motifs is 1. The lowest BCUT2D eigenvalue weighted by atomic mass is 9.90. The Morgan fingerprint density at radius 2 is 1.89 bits per heavy atom. The van der Waals surface area contributed by atoms with Crippen LogP contribution >= 0.6 is 0 Å². The van der Waals surface area contributed by atoms with Gasteiger partial charge in [-0.2, -0.15) is 0 Å². The van der Waals surface area contributed by atoms with Gasteiger partial charge in [0.2, 0.25) is 5.91 Å². The Morgan fingerprint density at radius 1 is 1.18 bits per heavy atom. The number of nitrogens with one attached hydrogen (secondary N) is 1. The molecule has 1 fully saturated rings. The number of benzene rings is 2. The van der Waals surface area contributed by atoms with E-state index in [-0.39, 0.29) is 17.6 Å². The summed E-state index contributed by atoms with van der Waals surface area (Å²) >= 11 is 0. The van der Waals surface area contributed by atoms with Crippen molar-refractivity contribution in [2.45, 2.75) is 31.8 Å². The average Bonchev–Trinajstić information content (AvgIpc) is 2.68. The molecule has 0 unspecified atom stereocenters. The Labute approximate surface area is 164 Å². The first kappa shape index (κ1) is 18.5. The van der Waals surface area contributed by atoms with Crippen LogP contribution in [0.15, 0.2) is 42.5 Å². The maximum Gasteiger partial charge on any atom is 0.255 e. The number of piperidine rings is 1. The Balaban J connectivity index is 1.48. The normalized spacial score (nSPS) is 18.0. The third-order valence-corrected chi connectivity index (χ3v) is 6.10. The molecule has 5 nitrogen and oxygen atoms in total. The number of amides is 2. The van der Waals surface area contributed by atoms with E-state index in [1.807, 2.05) is 48.0 Å². The van der Waals surface area contributed by atoms with Gasteiger partial charge in [-0.25, -0.2) is 4.39 Å². The monoisotopic (exact) mass is 381 g/mol. The molecule has 2 amide bonds. The minimum atomic E-state index is -0.586. The van der Waals surface area contributed by atoms with Crippen LogP contribution in [0, 0.1) is 12.7 Å². The number of anilines is 1. The molecule has 1 saturated heterocycles. The number of nitrogens with zero attached hydrogens (tertiary/aromatic N) is 2. The molecule has 1 N–H and O–H groups in total. The van der Waals surface area contributed by atoms with E-state index in [9.17, 15) is 14.0 Å². The van der Waals surface area contributed by atoms with E-state index < -0.39 is 5.66 Å². The largest absolute Gasteiger partial charge is 0.351 e. The van der Waals surface area contributed by atoms with Gasteiger partial charge in [-0.3, -0.25) is 9.59 Å². The highest BCUT2D eigenvalue weighted by atomic mass is 19.1. The zero-order valence-corrected chi connectivity index (χ0v) is 16.2. The predicted molar refractivity (Wildman–Crippen MR) is 106 cm³/mol. The summed E-state index contributed by atoms with van der Waals surface area (Å²) in [7, 11) is 1.88. The van der Waals surface area contributed by atoms with Crippen LogP contribution in [0.4, 0.5) is 10.1 Å². The van der Waals surface area contributed by atoms with Gasteiger partial charge in [0.15, 0.2) is 0 Å². The Hall–Kier alpha value is -2.89. The Kier molecular flexibility index (Phi) is 4.57. The van der Waals surface area contributed by atoms with Crippen LogP contribution in [-0.4, -0.2) is 42.5 Å². The molecule has 2 aromatic carbocycles. The first-order valence-corrected chi connectivity index (χ1v) is 9.58. The highest BCUT2D eigenvalue weighted by Gasteiger charge is 2.44. The molecule has 0 saturated carbocycles. The van der Waals surface area contributed by atoms with E-state index in [1.54, 1.807) is 0 Å². The van der Waals surface area contributed by atoms with E-state index in [1.165, 1.54) is 18.2 Å². The second-order valence-electron chi connectivity index (χ2n) is 7.69. The molecule has 0 atom stereocenters. The quantitative estimate of drug-likeness (QED) is 0.870. The number of carbonyl (C=O) groups is 2. The van der Waals surface area contributed by atoms with Crippen molar-refractivity contribution in [1.82, 2.24) is 10.2 Å². The summed E-state index contributed by atoms with van der Waals surface area (Å²) in [4.78, 5) is 29.1. The molecule has 2 aliphatic heterocycles. The second-order valence-corrected chi connectivity index (χ2v) is 7.69. The Bertz CT molecular complexity index is 935. The lowest BCUT2D eigenvalue weighted by Gasteiger charge is -2.51. The van der Waals surface area contributed by atoms with Gasteiger partial charge >= 0.3 is 0 Å². The number of aryl methyl sites for hydroxylation is 1. The van der Waals surface area contributed by atoms with Gasteiger partial charge in [0.25, 0.3) is 5.91 Å². The van der Waals surface area contributed by atoms with Crippen LogP contribution in [0.1, 0.15) is 34.3 Å². The van der Waals surface area contributed by atoms with E-state index in [4.69, 9.17) is 0 Å². The van der Waals surface area contributed by atoms with Crippen molar-refractivity contribution in [1.29, 1.82) is 0 Å². The van der Waals surface area contributed by atoms with Crippen molar-refractivity contribution < 1.29 is 14.0 Å². The van der Waals surface area contributed by atoms with Crippen molar-refractivity contribution >= 4 is 17.5 Å². The molecule has 2 aliphatic rings. The second kappa shape index (κ2) is 6.93. The molecule has 0 aromatic heterocycles. The summed E-state index contributed by atoms with van der Waals surface area (Å²) in [5, 5.41) is 3.10. The maximum atomic E-state index is 13.7. The zero-order valence-electron chi connectivity index (χ0n) is 16.2. The summed E-state index contributed by atoms with van der Waals surface area (Å²) in [6.07, 6.45) is 1.59. The van der Waals surface area contributed by atoms with Crippen LogP contribution < -0.4 is 10.2 Å². The molecule has 1 spiro atoms. The number of rotatable bonds is 2. The van der Waals surface area contributed by atoms with Gasteiger partial charge in [-0.15, -0.1) is 0 Å². The van der Waals surface area contributed by atoms with Gasteiger partial charge in [-0.05, 0) is 36.2 Å². The number of halogens is 1.